The van der Waals surface area contributed by atoms with Crippen LogP contribution in [0.4, 0.5) is 4.79 Å². The summed E-state index contributed by atoms with van der Waals surface area (Å²) in [6, 6.07) is 15.2. The monoisotopic (exact) mass is 596 g/mol. The summed E-state index contributed by atoms with van der Waals surface area (Å²) >= 11 is 0. The SMILES string of the molecule is CCCCc1c(Cc2ccc(-c3ccccc3-c3nn[nH]n3)cc2)c(=O)n2n1C(C(=O)NC(=O)N1CCCCC1)CCC2C. The molecular weight excluding hydrogens is 556 g/mol. The number of rotatable bonds is 8. The normalized spacial score (nSPS) is 18.2. The Labute approximate surface area is 256 Å². The van der Waals surface area contributed by atoms with Crippen molar-refractivity contribution in [3.05, 3.63) is 75.7 Å². The minimum absolute atomic E-state index is 0.0394. The molecule has 2 atom stereocenters. The number of amides is 3. The number of hydrogen-bond acceptors (Lipinski definition) is 6. The second-order valence-corrected chi connectivity index (χ2v) is 12.0. The molecule has 2 N–H and O–H groups in total. The highest BCUT2D eigenvalue weighted by Gasteiger charge is 2.36. The van der Waals surface area contributed by atoms with E-state index >= 15 is 0 Å². The molecular formula is C33H40N8O3. The number of carbonyl (C=O) groups is 2. The summed E-state index contributed by atoms with van der Waals surface area (Å²) in [6.45, 7) is 5.50. The van der Waals surface area contributed by atoms with E-state index in [4.69, 9.17) is 0 Å². The summed E-state index contributed by atoms with van der Waals surface area (Å²) in [5.74, 6) is 0.202. The topological polar surface area (TPSA) is 131 Å². The van der Waals surface area contributed by atoms with Gasteiger partial charge in [-0.1, -0.05) is 61.9 Å². The molecule has 2 aliphatic heterocycles. The predicted octanol–water partition coefficient (Wildman–Crippen LogP) is 5.05. The van der Waals surface area contributed by atoms with Crippen LogP contribution in [0.25, 0.3) is 22.5 Å². The number of fused-ring (bicyclic) bond motifs is 1. The van der Waals surface area contributed by atoms with Gasteiger partial charge in [-0.05, 0) is 73.8 Å². The lowest BCUT2D eigenvalue weighted by Crippen LogP contribution is -2.49. The zero-order valence-corrected chi connectivity index (χ0v) is 25.5. The van der Waals surface area contributed by atoms with Gasteiger partial charge in [0.2, 0.25) is 5.82 Å². The maximum absolute atomic E-state index is 14.0. The van der Waals surface area contributed by atoms with Crippen LogP contribution in [0.2, 0.25) is 0 Å². The number of piperidine rings is 1. The summed E-state index contributed by atoms with van der Waals surface area (Å²) in [5, 5.41) is 17.2. The Morgan fingerprint density at radius 3 is 2.43 bits per heavy atom. The van der Waals surface area contributed by atoms with Crippen LogP contribution in [0.3, 0.4) is 0 Å². The lowest BCUT2D eigenvalue weighted by molar-refractivity contribution is -0.125. The van der Waals surface area contributed by atoms with Gasteiger partial charge in [0.25, 0.3) is 11.5 Å². The molecule has 6 rings (SSSR count). The van der Waals surface area contributed by atoms with E-state index in [0.717, 1.165) is 65.6 Å². The summed E-state index contributed by atoms with van der Waals surface area (Å²) in [4.78, 5) is 42.3. The van der Waals surface area contributed by atoms with E-state index < -0.39 is 6.04 Å². The van der Waals surface area contributed by atoms with Crippen molar-refractivity contribution < 1.29 is 9.59 Å². The number of H-pyrrole nitrogens is 1. The Bertz CT molecular complexity index is 1670. The Morgan fingerprint density at radius 2 is 1.73 bits per heavy atom. The maximum atomic E-state index is 14.0. The van der Waals surface area contributed by atoms with Crippen LogP contribution < -0.4 is 10.9 Å². The quantitative estimate of drug-likeness (QED) is 0.293. The predicted molar refractivity (Wildman–Crippen MR) is 167 cm³/mol. The molecule has 4 aromatic rings. The Morgan fingerprint density at radius 1 is 0.977 bits per heavy atom. The van der Waals surface area contributed by atoms with E-state index in [9.17, 15) is 14.4 Å². The highest BCUT2D eigenvalue weighted by atomic mass is 16.2. The van der Waals surface area contributed by atoms with Crippen LogP contribution in [0.15, 0.2) is 53.3 Å². The van der Waals surface area contributed by atoms with Gasteiger partial charge < -0.3 is 4.90 Å². The summed E-state index contributed by atoms with van der Waals surface area (Å²) in [6.07, 6.45) is 7.32. The first-order valence-corrected chi connectivity index (χ1v) is 15.8. The fraction of sp³-hybridized carbons (Fsp3) is 0.455. The van der Waals surface area contributed by atoms with Crippen molar-refractivity contribution in [1.29, 1.82) is 0 Å². The van der Waals surface area contributed by atoms with E-state index in [1.807, 2.05) is 35.9 Å². The number of likely N-dealkylation sites (tertiary alicyclic amines) is 1. The molecule has 0 radical (unpaired) electrons. The molecule has 1 fully saturated rings. The molecule has 2 aromatic heterocycles. The van der Waals surface area contributed by atoms with E-state index in [-0.39, 0.29) is 23.5 Å². The van der Waals surface area contributed by atoms with Gasteiger partial charge in [-0.15, -0.1) is 10.2 Å². The first kappa shape index (κ1) is 29.5. The highest BCUT2D eigenvalue weighted by molar-refractivity contribution is 5.96. The van der Waals surface area contributed by atoms with Gasteiger partial charge >= 0.3 is 6.03 Å². The fourth-order valence-electron chi connectivity index (χ4n) is 6.63. The molecule has 0 aliphatic carbocycles. The molecule has 0 saturated carbocycles. The first-order chi connectivity index (χ1) is 21.5. The third-order valence-electron chi connectivity index (χ3n) is 9.00. The average Bonchev–Trinajstić information content (AvgIpc) is 3.68. The number of unbranched alkanes of at least 4 members (excludes halogenated alkanes) is 1. The van der Waals surface area contributed by atoms with E-state index in [1.54, 1.807) is 9.58 Å². The highest BCUT2D eigenvalue weighted by Crippen LogP contribution is 2.33. The van der Waals surface area contributed by atoms with Crippen molar-refractivity contribution in [1.82, 2.24) is 40.2 Å². The van der Waals surface area contributed by atoms with Crippen molar-refractivity contribution in [2.75, 3.05) is 13.1 Å². The van der Waals surface area contributed by atoms with Crippen LogP contribution in [0.5, 0.6) is 0 Å². The molecule has 230 valence electrons. The van der Waals surface area contributed by atoms with Gasteiger partial charge in [0.05, 0.1) is 6.04 Å². The number of nitrogens with zero attached hydrogens (tertiary/aromatic N) is 6. The number of urea groups is 1. The molecule has 0 spiro atoms. The van der Waals surface area contributed by atoms with E-state index in [1.165, 1.54) is 0 Å². The molecule has 11 heteroatoms. The van der Waals surface area contributed by atoms with Crippen LogP contribution in [-0.4, -0.2) is 59.9 Å². The number of hydrogen-bond donors (Lipinski definition) is 2. The lowest BCUT2D eigenvalue weighted by Gasteiger charge is -2.33. The summed E-state index contributed by atoms with van der Waals surface area (Å²) in [7, 11) is 0. The Hall–Kier alpha value is -4.54. The van der Waals surface area contributed by atoms with Crippen LogP contribution in [0, 0.1) is 0 Å². The minimum atomic E-state index is -0.600. The molecule has 44 heavy (non-hydrogen) atoms. The number of aromatic nitrogens is 6. The Kier molecular flexibility index (Phi) is 8.72. The van der Waals surface area contributed by atoms with Crippen molar-refractivity contribution in [2.45, 2.75) is 83.7 Å². The molecule has 2 aliphatic rings. The number of benzene rings is 2. The molecule has 1 saturated heterocycles. The number of nitrogens with one attached hydrogen (secondary N) is 2. The molecule has 4 heterocycles. The van der Waals surface area contributed by atoms with Gasteiger partial charge in [0, 0.05) is 36.3 Å². The third kappa shape index (κ3) is 5.82. The van der Waals surface area contributed by atoms with Crippen LogP contribution >= 0.6 is 0 Å². The van der Waals surface area contributed by atoms with Crippen molar-refractivity contribution >= 4 is 11.9 Å². The number of tetrazole rings is 1. The average molecular weight is 597 g/mol. The second-order valence-electron chi connectivity index (χ2n) is 12.0. The van der Waals surface area contributed by atoms with Gasteiger partial charge in [-0.3, -0.25) is 19.6 Å². The summed E-state index contributed by atoms with van der Waals surface area (Å²) in [5.41, 5.74) is 5.48. The zero-order chi connectivity index (χ0) is 30.6. The van der Waals surface area contributed by atoms with Gasteiger partial charge in [-0.25, -0.2) is 9.48 Å². The largest absolute Gasteiger partial charge is 0.324 e. The molecule has 3 amide bonds. The second kappa shape index (κ2) is 13.0. The van der Waals surface area contributed by atoms with Crippen molar-refractivity contribution in [2.24, 2.45) is 0 Å². The molecule has 2 aromatic carbocycles. The van der Waals surface area contributed by atoms with E-state index in [0.29, 0.717) is 44.6 Å². The number of imide groups is 1. The minimum Gasteiger partial charge on any atom is -0.324 e. The number of carbonyl (C=O) groups excluding carboxylic acids is 2. The number of aromatic amines is 1. The standard InChI is InChI=1S/C33H40N8O3/c1-3-4-12-28-27(21-23-14-16-24(17-15-23)25-10-6-7-11-26(25)30-35-37-38-36-30)32(43)40-22(2)13-18-29(41(28)40)31(42)34-33(44)39-19-8-5-9-20-39/h6-7,10-11,14-17,22,29H,3-5,8-9,12-13,18-21H2,1-2H3,(H,34,42,44)(H,35,36,37,38). The van der Waals surface area contributed by atoms with Gasteiger partial charge in [-0.2, -0.15) is 5.21 Å². The molecule has 0 bridgehead atoms. The zero-order valence-electron chi connectivity index (χ0n) is 25.5. The summed E-state index contributed by atoms with van der Waals surface area (Å²) < 4.78 is 3.70. The molecule has 2 unspecified atom stereocenters. The van der Waals surface area contributed by atoms with Crippen molar-refractivity contribution in [3.8, 4) is 22.5 Å². The van der Waals surface area contributed by atoms with Crippen molar-refractivity contribution in [3.63, 3.8) is 0 Å². The smallest absolute Gasteiger partial charge is 0.324 e. The first-order valence-electron chi connectivity index (χ1n) is 15.8. The van der Waals surface area contributed by atoms with Gasteiger partial charge in [0.15, 0.2) is 0 Å². The van der Waals surface area contributed by atoms with Gasteiger partial charge in [0.1, 0.15) is 6.04 Å². The third-order valence-corrected chi connectivity index (χ3v) is 9.00. The fourth-order valence-corrected chi connectivity index (χ4v) is 6.63. The maximum Gasteiger partial charge on any atom is 0.324 e. The lowest BCUT2D eigenvalue weighted by atomic mass is 9.96. The van der Waals surface area contributed by atoms with Crippen LogP contribution in [0.1, 0.15) is 87.7 Å². The Balaban J connectivity index is 1.30. The van der Waals surface area contributed by atoms with E-state index in [2.05, 4.69) is 57.1 Å². The molecule has 11 nitrogen and oxygen atoms in total. The van der Waals surface area contributed by atoms with Crippen LogP contribution in [-0.2, 0) is 17.6 Å².